The molecule has 0 aliphatic heterocycles. The molecule has 27 heavy (non-hydrogen) atoms. The summed E-state index contributed by atoms with van der Waals surface area (Å²) in [4.78, 5) is 32.6. The summed E-state index contributed by atoms with van der Waals surface area (Å²) < 4.78 is 1.48. The van der Waals surface area contributed by atoms with E-state index in [0.29, 0.717) is 11.5 Å². The Morgan fingerprint density at radius 1 is 1.22 bits per heavy atom. The number of hydrogen-bond acceptors (Lipinski definition) is 4. The molecule has 0 amide bonds. The molecule has 1 aliphatic carbocycles. The van der Waals surface area contributed by atoms with E-state index in [4.69, 9.17) is 0 Å². The van der Waals surface area contributed by atoms with E-state index in [2.05, 4.69) is 11.9 Å². The zero-order valence-electron chi connectivity index (χ0n) is 16.3. The van der Waals surface area contributed by atoms with Gasteiger partial charge in [-0.3, -0.25) is 14.2 Å². The number of rotatable bonds is 3. The fourth-order valence-electron chi connectivity index (χ4n) is 3.98. The number of aromatic nitrogens is 2. The van der Waals surface area contributed by atoms with Gasteiger partial charge in [0, 0.05) is 10.4 Å². The highest BCUT2D eigenvalue weighted by molar-refractivity contribution is 7.18. The van der Waals surface area contributed by atoms with Gasteiger partial charge in [0.1, 0.15) is 4.83 Å². The van der Waals surface area contributed by atoms with Crippen LogP contribution in [0, 0.1) is 26.7 Å². The first-order chi connectivity index (χ1) is 12.8. The Bertz CT molecular complexity index is 1120. The van der Waals surface area contributed by atoms with Crippen LogP contribution in [-0.4, -0.2) is 15.3 Å². The van der Waals surface area contributed by atoms with Gasteiger partial charge in [-0.05, 0) is 74.3 Å². The van der Waals surface area contributed by atoms with E-state index in [-0.39, 0.29) is 17.9 Å². The number of aryl methyl sites for hydroxylation is 4. The van der Waals surface area contributed by atoms with Crippen molar-refractivity contribution in [1.29, 1.82) is 0 Å². The molecule has 1 aromatic carbocycles. The first kappa shape index (κ1) is 18.1. The first-order valence-electron chi connectivity index (χ1n) is 9.46. The van der Waals surface area contributed by atoms with Crippen LogP contribution in [0.15, 0.2) is 23.3 Å². The van der Waals surface area contributed by atoms with Crippen LogP contribution in [-0.2, 0) is 19.4 Å². The summed E-state index contributed by atoms with van der Waals surface area (Å²) in [6.45, 7) is 8.28. The smallest absolute Gasteiger partial charge is 0.262 e. The molecule has 2 heterocycles. The molecule has 4 rings (SSSR count). The summed E-state index contributed by atoms with van der Waals surface area (Å²) in [5, 5.41) is 0.731. The lowest BCUT2D eigenvalue weighted by atomic mass is 9.89. The van der Waals surface area contributed by atoms with Crippen LogP contribution in [0.1, 0.15) is 50.8 Å². The summed E-state index contributed by atoms with van der Waals surface area (Å²) >= 11 is 1.64. The van der Waals surface area contributed by atoms with Crippen molar-refractivity contribution in [3.05, 3.63) is 61.5 Å². The van der Waals surface area contributed by atoms with Crippen LogP contribution < -0.4 is 5.56 Å². The maximum Gasteiger partial charge on any atom is 0.262 e. The van der Waals surface area contributed by atoms with Gasteiger partial charge in [0.25, 0.3) is 5.56 Å². The third-order valence-electron chi connectivity index (χ3n) is 5.74. The molecular formula is C22H24N2O2S. The van der Waals surface area contributed by atoms with Crippen LogP contribution in [0.2, 0.25) is 0 Å². The van der Waals surface area contributed by atoms with Crippen molar-refractivity contribution >= 4 is 27.3 Å². The molecule has 3 aromatic rings. The molecule has 0 bridgehead atoms. The monoisotopic (exact) mass is 380 g/mol. The van der Waals surface area contributed by atoms with Crippen LogP contribution in [0.4, 0.5) is 0 Å². The Balaban J connectivity index is 1.73. The van der Waals surface area contributed by atoms with E-state index in [0.717, 1.165) is 46.2 Å². The van der Waals surface area contributed by atoms with Crippen molar-refractivity contribution in [1.82, 2.24) is 9.55 Å². The van der Waals surface area contributed by atoms with Crippen LogP contribution in [0.3, 0.4) is 0 Å². The topological polar surface area (TPSA) is 52.0 Å². The third-order valence-corrected chi connectivity index (χ3v) is 6.90. The van der Waals surface area contributed by atoms with Crippen molar-refractivity contribution in [2.45, 2.75) is 53.5 Å². The number of fused-ring (bicyclic) bond motifs is 3. The minimum Gasteiger partial charge on any atom is -0.292 e. The number of benzene rings is 1. The SMILES string of the molecule is Cc1cc(C)c(C(=O)Cn2cnc3sc4c(c3c2=O)CC[C@H](C)C4)cc1C. The van der Waals surface area contributed by atoms with Crippen molar-refractivity contribution < 1.29 is 4.79 Å². The van der Waals surface area contributed by atoms with Gasteiger partial charge in [-0.25, -0.2) is 4.98 Å². The summed E-state index contributed by atoms with van der Waals surface area (Å²) in [6, 6.07) is 3.96. The molecule has 2 aromatic heterocycles. The molecule has 0 spiro atoms. The van der Waals surface area contributed by atoms with Crippen LogP contribution >= 0.6 is 11.3 Å². The third kappa shape index (κ3) is 3.14. The predicted molar refractivity (Wildman–Crippen MR) is 110 cm³/mol. The van der Waals surface area contributed by atoms with Gasteiger partial charge < -0.3 is 0 Å². The van der Waals surface area contributed by atoms with E-state index < -0.39 is 0 Å². The van der Waals surface area contributed by atoms with E-state index in [1.165, 1.54) is 21.3 Å². The van der Waals surface area contributed by atoms with Crippen LogP contribution in [0.25, 0.3) is 10.2 Å². The number of ketones is 1. The predicted octanol–water partition coefficient (Wildman–Crippen LogP) is 4.39. The highest BCUT2D eigenvalue weighted by atomic mass is 32.1. The molecule has 0 unspecified atom stereocenters. The molecule has 0 fully saturated rings. The molecule has 5 heteroatoms. The minimum absolute atomic E-state index is 0.0339. The summed E-state index contributed by atoms with van der Waals surface area (Å²) in [5.74, 6) is 0.610. The highest BCUT2D eigenvalue weighted by Gasteiger charge is 2.23. The number of nitrogens with zero attached hydrogens (tertiary/aromatic N) is 2. The molecular weight excluding hydrogens is 356 g/mol. The molecule has 140 valence electrons. The van der Waals surface area contributed by atoms with Gasteiger partial charge in [-0.2, -0.15) is 0 Å². The summed E-state index contributed by atoms with van der Waals surface area (Å²) in [6.07, 6.45) is 4.59. The Morgan fingerprint density at radius 2 is 1.96 bits per heavy atom. The molecule has 4 nitrogen and oxygen atoms in total. The largest absolute Gasteiger partial charge is 0.292 e. The lowest BCUT2D eigenvalue weighted by Crippen LogP contribution is -2.25. The zero-order chi connectivity index (χ0) is 19.3. The molecule has 1 atom stereocenters. The van der Waals surface area contributed by atoms with E-state index in [1.54, 1.807) is 11.3 Å². The van der Waals surface area contributed by atoms with Crippen molar-refractivity contribution in [3.63, 3.8) is 0 Å². The quantitative estimate of drug-likeness (QED) is 0.633. The van der Waals surface area contributed by atoms with Gasteiger partial charge in [0.15, 0.2) is 5.78 Å². The summed E-state index contributed by atoms with van der Waals surface area (Å²) in [5.41, 5.74) is 4.98. The number of hydrogen-bond donors (Lipinski definition) is 0. The van der Waals surface area contributed by atoms with Gasteiger partial charge in [0.2, 0.25) is 0 Å². The second kappa shape index (κ2) is 6.71. The van der Waals surface area contributed by atoms with E-state index in [1.807, 2.05) is 32.9 Å². The van der Waals surface area contributed by atoms with Gasteiger partial charge >= 0.3 is 0 Å². The zero-order valence-corrected chi connectivity index (χ0v) is 17.1. The van der Waals surface area contributed by atoms with Crippen LogP contribution in [0.5, 0.6) is 0 Å². The maximum atomic E-state index is 13.1. The Morgan fingerprint density at radius 3 is 2.74 bits per heavy atom. The van der Waals surface area contributed by atoms with Gasteiger partial charge in [-0.1, -0.05) is 13.0 Å². The minimum atomic E-state index is -0.0816. The van der Waals surface area contributed by atoms with Crippen molar-refractivity contribution in [2.24, 2.45) is 5.92 Å². The van der Waals surface area contributed by atoms with E-state index in [9.17, 15) is 9.59 Å². The number of carbonyl (C=O) groups excluding carboxylic acids is 1. The molecule has 1 aliphatic rings. The normalized spacial score (nSPS) is 16.5. The van der Waals surface area contributed by atoms with E-state index >= 15 is 0 Å². The van der Waals surface area contributed by atoms with Crippen molar-refractivity contribution in [2.75, 3.05) is 0 Å². The standard InChI is InChI=1S/C22H24N2O2S/c1-12-5-6-16-19(7-12)27-21-20(16)22(26)24(11-23-21)10-18(25)17-9-14(3)13(2)8-15(17)4/h8-9,11-12H,5-7,10H2,1-4H3/t12-/m0/s1. The molecule has 0 N–H and O–H groups in total. The molecule has 0 saturated carbocycles. The highest BCUT2D eigenvalue weighted by Crippen LogP contribution is 2.35. The first-order valence-corrected chi connectivity index (χ1v) is 10.3. The maximum absolute atomic E-state index is 13.1. The van der Waals surface area contributed by atoms with Gasteiger partial charge in [-0.15, -0.1) is 11.3 Å². The van der Waals surface area contributed by atoms with Crippen molar-refractivity contribution in [3.8, 4) is 0 Å². The molecule has 0 saturated heterocycles. The Hall–Kier alpha value is -2.27. The lowest BCUT2D eigenvalue weighted by molar-refractivity contribution is 0.0970. The second-order valence-corrected chi connectivity index (χ2v) is 8.97. The number of thiophene rings is 1. The fourth-order valence-corrected chi connectivity index (χ4v) is 5.32. The second-order valence-electron chi connectivity index (χ2n) is 7.88. The van der Waals surface area contributed by atoms with Gasteiger partial charge in [0.05, 0.1) is 18.3 Å². The summed E-state index contributed by atoms with van der Waals surface area (Å²) in [7, 11) is 0. The lowest BCUT2D eigenvalue weighted by Gasteiger charge is -2.17. The fraction of sp³-hybridized carbons (Fsp3) is 0.409. The Labute approximate surface area is 162 Å². The average molecular weight is 381 g/mol. The average Bonchev–Trinajstić information content (AvgIpc) is 2.98. The number of carbonyl (C=O) groups is 1. The Kier molecular flexibility index (Phi) is 4.50. The molecule has 0 radical (unpaired) electrons. The number of Topliss-reactive ketones (excluding diaryl/α,β-unsaturated/α-hetero) is 1.